The summed E-state index contributed by atoms with van der Waals surface area (Å²) in [7, 11) is 0. The molecule has 1 fully saturated rings. The van der Waals surface area contributed by atoms with Crippen LogP contribution in [0.25, 0.3) is 11.2 Å². The topological polar surface area (TPSA) is 181 Å². The lowest BCUT2D eigenvalue weighted by molar-refractivity contribution is -0.166. The number of hydrogen-bond donors (Lipinski definition) is 2. The number of esters is 3. The van der Waals surface area contributed by atoms with Crippen molar-refractivity contribution < 1.29 is 38.1 Å². The largest absolute Gasteiger partial charge is 0.463 e. The van der Waals surface area contributed by atoms with Crippen molar-refractivity contribution in [1.29, 1.82) is 0 Å². The van der Waals surface area contributed by atoms with Crippen LogP contribution in [0, 0.1) is 0 Å². The van der Waals surface area contributed by atoms with E-state index in [1.54, 1.807) is 0 Å². The van der Waals surface area contributed by atoms with Gasteiger partial charge >= 0.3 is 17.9 Å². The summed E-state index contributed by atoms with van der Waals surface area (Å²) in [6.45, 7) is 5.40. The highest BCUT2D eigenvalue weighted by molar-refractivity contribution is 5.89. The van der Waals surface area contributed by atoms with E-state index in [9.17, 15) is 24.0 Å². The van der Waals surface area contributed by atoms with Crippen LogP contribution in [0.4, 0.5) is 5.95 Å². The zero-order chi connectivity index (χ0) is 28.5. The first-order valence-electron chi connectivity index (χ1n) is 13.0. The zero-order valence-electron chi connectivity index (χ0n) is 22.6. The van der Waals surface area contributed by atoms with Gasteiger partial charge in [-0.3, -0.25) is 38.8 Å². The molecule has 14 heteroatoms. The fourth-order valence-corrected chi connectivity index (χ4v) is 4.35. The number of ether oxygens (including phenoxy) is 4. The molecule has 1 aliphatic heterocycles. The molecule has 1 aliphatic rings. The predicted molar refractivity (Wildman–Crippen MR) is 136 cm³/mol. The summed E-state index contributed by atoms with van der Waals surface area (Å²) in [4.78, 5) is 71.2. The van der Waals surface area contributed by atoms with E-state index in [2.05, 4.69) is 27.2 Å². The van der Waals surface area contributed by atoms with Gasteiger partial charge in [-0.1, -0.05) is 39.0 Å². The van der Waals surface area contributed by atoms with Crippen LogP contribution < -0.4 is 10.9 Å². The van der Waals surface area contributed by atoms with Crippen molar-refractivity contribution in [2.45, 2.75) is 97.2 Å². The minimum Gasteiger partial charge on any atom is -0.463 e. The first-order chi connectivity index (χ1) is 18.6. The number of imidazole rings is 1. The molecule has 2 aromatic rings. The zero-order valence-corrected chi connectivity index (χ0v) is 22.6. The molecule has 1 saturated heterocycles. The third-order valence-electron chi connectivity index (χ3n) is 6.06. The molecule has 0 unspecified atom stereocenters. The van der Waals surface area contributed by atoms with Crippen LogP contribution in [-0.2, 0) is 38.1 Å². The molecule has 0 saturated carbocycles. The maximum Gasteiger partial charge on any atom is 0.303 e. The van der Waals surface area contributed by atoms with Gasteiger partial charge in [-0.25, -0.2) is 4.98 Å². The predicted octanol–water partition coefficient (Wildman–Crippen LogP) is 2.13. The molecule has 0 radical (unpaired) electrons. The van der Waals surface area contributed by atoms with Crippen LogP contribution in [0.2, 0.25) is 0 Å². The highest BCUT2D eigenvalue weighted by Crippen LogP contribution is 2.35. The second kappa shape index (κ2) is 13.8. The Hall–Kier alpha value is -3.81. The first-order valence-corrected chi connectivity index (χ1v) is 13.0. The Kier molecular flexibility index (Phi) is 10.5. The second-order valence-electron chi connectivity index (χ2n) is 9.32. The summed E-state index contributed by atoms with van der Waals surface area (Å²) >= 11 is 0. The van der Waals surface area contributed by atoms with E-state index >= 15 is 0 Å². The summed E-state index contributed by atoms with van der Waals surface area (Å²) in [5, 5.41) is 2.60. The summed E-state index contributed by atoms with van der Waals surface area (Å²) in [5.41, 5.74) is -0.629. The Labute approximate surface area is 224 Å². The average Bonchev–Trinajstić information content (AvgIpc) is 3.41. The maximum atomic E-state index is 12.7. The number of nitrogens with zero attached hydrogens (tertiary/aromatic N) is 3. The molecule has 214 valence electrons. The Morgan fingerprint density at radius 3 is 2.33 bits per heavy atom. The molecule has 39 heavy (non-hydrogen) atoms. The third-order valence-corrected chi connectivity index (χ3v) is 6.06. The molecule has 1 amide bonds. The molecule has 0 aromatic carbocycles. The van der Waals surface area contributed by atoms with Crippen molar-refractivity contribution in [3.8, 4) is 0 Å². The van der Waals surface area contributed by atoms with Crippen LogP contribution in [0.15, 0.2) is 11.1 Å². The molecule has 2 aromatic heterocycles. The monoisotopic (exact) mass is 549 g/mol. The molecular weight excluding hydrogens is 514 g/mol. The van der Waals surface area contributed by atoms with E-state index in [0.717, 1.165) is 25.7 Å². The summed E-state index contributed by atoms with van der Waals surface area (Å²) in [6.07, 6.45) is 3.20. The normalized spacial score (nSPS) is 20.5. The fourth-order valence-electron chi connectivity index (χ4n) is 4.35. The summed E-state index contributed by atoms with van der Waals surface area (Å²) in [6, 6.07) is 0. The highest BCUT2D eigenvalue weighted by Gasteiger charge is 2.51. The van der Waals surface area contributed by atoms with Gasteiger partial charge in [0.1, 0.15) is 12.7 Å². The van der Waals surface area contributed by atoms with Gasteiger partial charge in [0.25, 0.3) is 5.56 Å². The summed E-state index contributed by atoms with van der Waals surface area (Å²) in [5.74, 6) is -2.33. The number of carbonyl (C=O) groups is 4. The number of aromatic nitrogens is 4. The van der Waals surface area contributed by atoms with Gasteiger partial charge in [0.05, 0.1) is 6.33 Å². The number of rotatable bonds is 13. The molecule has 2 N–H and O–H groups in total. The van der Waals surface area contributed by atoms with Crippen LogP contribution in [0.5, 0.6) is 0 Å². The summed E-state index contributed by atoms with van der Waals surface area (Å²) < 4.78 is 23.2. The number of anilines is 1. The fraction of sp³-hybridized carbons (Fsp3) is 0.640. The molecule has 3 rings (SSSR count). The van der Waals surface area contributed by atoms with E-state index < -0.39 is 48.0 Å². The van der Waals surface area contributed by atoms with Crippen LogP contribution in [0.1, 0.15) is 78.9 Å². The van der Waals surface area contributed by atoms with Crippen molar-refractivity contribution >= 4 is 40.9 Å². The number of aromatic amines is 1. The van der Waals surface area contributed by atoms with Crippen LogP contribution in [0.3, 0.4) is 0 Å². The first kappa shape index (κ1) is 29.7. The number of nitrogens with one attached hydrogen (secondary N) is 2. The third kappa shape index (κ3) is 8.09. The van der Waals surface area contributed by atoms with Crippen LogP contribution in [-0.4, -0.2) is 68.3 Å². The van der Waals surface area contributed by atoms with Crippen molar-refractivity contribution in [3.63, 3.8) is 0 Å². The second-order valence-corrected chi connectivity index (χ2v) is 9.32. The Bertz CT molecular complexity index is 1240. The van der Waals surface area contributed by atoms with Gasteiger partial charge in [0.2, 0.25) is 11.9 Å². The van der Waals surface area contributed by atoms with Crippen molar-refractivity contribution in [3.05, 3.63) is 16.7 Å². The standard InChI is InChI=1S/C25H35N5O9/c1-5-6-7-8-9-10-11-18(34)27-25-28-22-19(23(35)29-25)26-13-30(22)24-21(38-16(4)33)20(37-15(3)32)17(39-24)12-36-14(2)31/h13,17,20-21,24H,5-12H2,1-4H3,(H2,27,28,29,34,35)/t17-,20+,21-,24+/m0/s1. The van der Waals surface area contributed by atoms with Gasteiger partial charge in [-0.2, -0.15) is 4.98 Å². The molecule has 0 spiro atoms. The van der Waals surface area contributed by atoms with Gasteiger partial charge in [-0.15, -0.1) is 0 Å². The van der Waals surface area contributed by atoms with E-state index in [-0.39, 0.29) is 36.0 Å². The lowest BCUT2D eigenvalue weighted by Gasteiger charge is -2.23. The highest BCUT2D eigenvalue weighted by atomic mass is 16.7. The maximum absolute atomic E-state index is 12.7. The number of unbranched alkanes of at least 4 members (excludes halogenated alkanes) is 5. The number of H-pyrrole nitrogens is 1. The van der Waals surface area contributed by atoms with Gasteiger partial charge in [0.15, 0.2) is 29.6 Å². The van der Waals surface area contributed by atoms with Gasteiger partial charge < -0.3 is 18.9 Å². The molecular formula is C25H35N5O9. The molecule has 0 aliphatic carbocycles. The quantitative estimate of drug-likeness (QED) is 0.212. The van der Waals surface area contributed by atoms with Gasteiger partial charge in [0, 0.05) is 27.2 Å². The minimum absolute atomic E-state index is 0.0329. The molecule has 3 heterocycles. The van der Waals surface area contributed by atoms with Crippen LogP contribution >= 0.6 is 0 Å². The Morgan fingerprint density at radius 2 is 1.67 bits per heavy atom. The number of amides is 1. The number of carbonyl (C=O) groups excluding carboxylic acids is 4. The van der Waals surface area contributed by atoms with E-state index in [1.165, 1.54) is 38.1 Å². The Balaban J connectivity index is 1.86. The van der Waals surface area contributed by atoms with Crippen molar-refractivity contribution in [2.75, 3.05) is 11.9 Å². The SMILES string of the molecule is CCCCCCCCC(=O)Nc1nc2c(ncn2[C@@H]2O[C@@H](COC(C)=O)[C@@H](OC(C)=O)[C@@H]2OC(C)=O)c(=O)[nH]1. The minimum atomic E-state index is -1.18. The smallest absolute Gasteiger partial charge is 0.303 e. The average molecular weight is 550 g/mol. The van der Waals surface area contributed by atoms with Gasteiger partial charge in [-0.05, 0) is 6.42 Å². The number of fused-ring (bicyclic) bond motifs is 1. The molecule has 4 atom stereocenters. The number of hydrogen-bond acceptors (Lipinski definition) is 11. The van der Waals surface area contributed by atoms with Crippen molar-refractivity contribution in [2.24, 2.45) is 0 Å². The lowest BCUT2D eigenvalue weighted by atomic mass is 10.1. The molecule has 0 bridgehead atoms. The van der Waals surface area contributed by atoms with Crippen molar-refractivity contribution in [1.82, 2.24) is 19.5 Å². The van der Waals surface area contributed by atoms with E-state index in [1.807, 2.05) is 0 Å². The lowest BCUT2D eigenvalue weighted by Crippen LogP contribution is -2.40. The van der Waals surface area contributed by atoms with E-state index in [0.29, 0.717) is 6.42 Å². The Morgan fingerprint density at radius 1 is 1.00 bits per heavy atom. The molecule has 14 nitrogen and oxygen atoms in total. The van der Waals surface area contributed by atoms with E-state index in [4.69, 9.17) is 18.9 Å².